The van der Waals surface area contributed by atoms with Crippen molar-refractivity contribution in [1.29, 1.82) is 0 Å². The number of Topliss-reactive ketones (excluding diaryl/α,β-unsaturated/α-hetero) is 1. The maximum Gasteiger partial charge on any atom is 0.338 e. The number of ether oxygens (including phenoxy) is 2. The van der Waals surface area contributed by atoms with E-state index in [1.54, 1.807) is 24.3 Å². The second-order valence-corrected chi connectivity index (χ2v) is 6.08. The molecule has 0 amide bonds. The first-order valence-corrected chi connectivity index (χ1v) is 8.64. The highest BCUT2D eigenvalue weighted by Crippen LogP contribution is 2.20. The molecule has 0 aromatic heterocycles. The lowest BCUT2D eigenvalue weighted by atomic mass is 9.96. The number of rotatable bonds is 8. The quantitative estimate of drug-likeness (QED) is 0.529. The van der Waals surface area contributed by atoms with E-state index in [2.05, 4.69) is 6.92 Å². The summed E-state index contributed by atoms with van der Waals surface area (Å²) in [6.45, 7) is 2.89. The van der Waals surface area contributed by atoms with Crippen molar-refractivity contribution >= 4 is 11.8 Å². The van der Waals surface area contributed by atoms with Gasteiger partial charge in [-0.1, -0.05) is 26.2 Å². The van der Waals surface area contributed by atoms with Gasteiger partial charge in [-0.2, -0.15) is 0 Å². The second kappa shape index (κ2) is 9.33. The monoisotopic (exact) mass is 318 g/mol. The van der Waals surface area contributed by atoms with E-state index in [9.17, 15) is 9.59 Å². The van der Waals surface area contributed by atoms with Gasteiger partial charge in [-0.3, -0.25) is 4.79 Å². The van der Waals surface area contributed by atoms with Gasteiger partial charge in [0.2, 0.25) is 0 Å². The van der Waals surface area contributed by atoms with Crippen molar-refractivity contribution in [2.75, 3.05) is 6.61 Å². The predicted molar refractivity (Wildman–Crippen MR) is 88.8 cm³/mol. The van der Waals surface area contributed by atoms with Crippen LogP contribution >= 0.6 is 0 Å². The lowest BCUT2D eigenvalue weighted by molar-refractivity contribution is -0.122. The molecule has 1 aliphatic rings. The van der Waals surface area contributed by atoms with Crippen LogP contribution in [0.4, 0.5) is 0 Å². The highest BCUT2D eigenvalue weighted by atomic mass is 16.5. The zero-order valence-corrected chi connectivity index (χ0v) is 13.9. The Balaban J connectivity index is 1.75. The average molecular weight is 318 g/mol. The predicted octanol–water partition coefficient (Wildman–Crippen LogP) is 4.31. The highest BCUT2D eigenvalue weighted by molar-refractivity contribution is 5.89. The molecule has 126 valence electrons. The van der Waals surface area contributed by atoms with Crippen LogP contribution in [0.1, 0.15) is 68.6 Å². The first-order valence-electron chi connectivity index (χ1n) is 8.64. The van der Waals surface area contributed by atoms with Crippen molar-refractivity contribution in [2.24, 2.45) is 0 Å². The van der Waals surface area contributed by atoms with E-state index >= 15 is 0 Å². The summed E-state index contributed by atoms with van der Waals surface area (Å²) in [4.78, 5) is 23.3. The molecule has 0 saturated heterocycles. The van der Waals surface area contributed by atoms with Crippen LogP contribution in [0.3, 0.4) is 0 Å². The number of hydrogen-bond acceptors (Lipinski definition) is 4. The summed E-state index contributed by atoms with van der Waals surface area (Å²) in [5.41, 5.74) is 0.528. The first kappa shape index (κ1) is 17.5. The maximum absolute atomic E-state index is 12.1. The summed E-state index contributed by atoms with van der Waals surface area (Å²) in [7, 11) is 0. The van der Waals surface area contributed by atoms with Crippen molar-refractivity contribution in [3.8, 4) is 5.75 Å². The fourth-order valence-corrected chi connectivity index (χ4v) is 2.66. The highest BCUT2D eigenvalue weighted by Gasteiger charge is 2.22. The zero-order chi connectivity index (χ0) is 16.5. The number of carbonyl (C=O) groups is 2. The van der Waals surface area contributed by atoms with Crippen molar-refractivity contribution < 1.29 is 19.1 Å². The number of ketones is 1. The third kappa shape index (κ3) is 6.05. The molecule has 1 aliphatic carbocycles. The standard InChI is InChI=1S/C19H26O4/c1-2-3-4-5-14-22-17-10-6-15(7-11-17)19(21)23-18-12-8-16(20)9-13-18/h6-7,10-11,18H,2-5,8-9,12-14H2,1H3. The molecular weight excluding hydrogens is 292 g/mol. The summed E-state index contributed by atoms with van der Waals surface area (Å²) in [6, 6.07) is 7.08. The first-order chi connectivity index (χ1) is 11.2. The van der Waals surface area contributed by atoms with Gasteiger partial charge in [0.05, 0.1) is 12.2 Å². The van der Waals surface area contributed by atoms with Gasteiger partial charge in [0.25, 0.3) is 0 Å². The number of hydrogen-bond donors (Lipinski definition) is 0. The molecule has 0 radical (unpaired) electrons. The van der Waals surface area contributed by atoms with Crippen LogP contribution < -0.4 is 4.74 Å². The van der Waals surface area contributed by atoms with Crippen LogP contribution in [0.15, 0.2) is 24.3 Å². The van der Waals surface area contributed by atoms with Gasteiger partial charge in [-0.25, -0.2) is 4.79 Å². The van der Waals surface area contributed by atoms with Gasteiger partial charge >= 0.3 is 5.97 Å². The van der Waals surface area contributed by atoms with E-state index < -0.39 is 0 Å². The Bertz CT molecular complexity index is 497. The summed E-state index contributed by atoms with van der Waals surface area (Å²) < 4.78 is 11.1. The molecule has 0 spiro atoms. The number of unbranched alkanes of at least 4 members (excludes halogenated alkanes) is 3. The third-order valence-corrected chi connectivity index (χ3v) is 4.12. The van der Waals surface area contributed by atoms with Crippen molar-refractivity contribution in [3.63, 3.8) is 0 Å². The minimum Gasteiger partial charge on any atom is -0.494 e. The fraction of sp³-hybridized carbons (Fsp3) is 0.579. The molecule has 0 atom stereocenters. The van der Waals surface area contributed by atoms with Crippen molar-refractivity contribution in [2.45, 2.75) is 64.4 Å². The smallest absolute Gasteiger partial charge is 0.338 e. The summed E-state index contributed by atoms with van der Waals surface area (Å²) in [5, 5.41) is 0. The zero-order valence-electron chi connectivity index (χ0n) is 13.9. The van der Waals surface area contributed by atoms with Crippen LogP contribution in [0, 0.1) is 0 Å². The van der Waals surface area contributed by atoms with Gasteiger partial charge < -0.3 is 9.47 Å². The van der Waals surface area contributed by atoms with E-state index in [-0.39, 0.29) is 17.9 Å². The van der Waals surface area contributed by atoms with Crippen LogP contribution in [0.5, 0.6) is 5.75 Å². The summed E-state index contributed by atoms with van der Waals surface area (Å²) in [5.74, 6) is 0.720. The molecule has 0 bridgehead atoms. The van der Waals surface area contributed by atoms with Gasteiger partial charge in [0.15, 0.2) is 0 Å². The van der Waals surface area contributed by atoms with Crippen LogP contribution in [0.25, 0.3) is 0 Å². The Morgan fingerprint density at radius 1 is 1.09 bits per heavy atom. The molecule has 0 unspecified atom stereocenters. The minimum absolute atomic E-state index is 0.130. The minimum atomic E-state index is -0.321. The molecule has 0 N–H and O–H groups in total. The van der Waals surface area contributed by atoms with E-state index in [4.69, 9.17) is 9.47 Å². The van der Waals surface area contributed by atoms with Crippen LogP contribution in [-0.4, -0.2) is 24.5 Å². The Hall–Kier alpha value is -1.84. The summed E-state index contributed by atoms with van der Waals surface area (Å²) >= 11 is 0. The second-order valence-electron chi connectivity index (χ2n) is 6.08. The number of esters is 1. The molecule has 23 heavy (non-hydrogen) atoms. The van der Waals surface area contributed by atoms with Gasteiger partial charge in [-0.15, -0.1) is 0 Å². The molecule has 4 nitrogen and oxygen atoms in total. The van der Waals surface area contributed by atoms with Crippen molar-refractivity contribution in [1.82, 2.24) is 0 Å². The van der Waals surface area contributed by atoms with Gasteiger partial charge in [0.1, 0.15) is 17.6 Å². The van der Waals surface area contributed by atoms with E-state index in [1.807, 2.05) is 0 Å². The molecule has 0 aliphatic heterocycles. The fourth-order valence-electron chi connectivity index (χ4n) is 2.66. The molecule has 1 fully saturated rings. The van der Waals surface area contributed by atoms with Crippen LogP contribution in [-0.2, 0) is 9.53 Å². The Morgan fingerprint density at radius 2 is 1.78 bits per heavy atom. The largest absolute Gasteiger partial charge is 0.494 e. The van der Waals surface area contributed by atoms with E-state index in [0.29, 0.717) is 37.9 Å². The summed E-state index contributed by atoms with van der Waals surface area (Å²) in [6.07, 6.45) is 6.88. The number of benzene rings is 1. The lowest BCUT2D eigenvalue weighted by Gasteiger charge is -2.21. The molecule has 1 saturated carbocycles. The normalized spacial score (nSPS) is 15.4. The SMILES string of the molecule is CCCCCCOc1ccc(C(=O)OC2CCC(=O)CC2)cc1. The molecule has 1 aromatic rings. The molecule has 2 rings (SSSR count). The lowest BCUT2D eigenvalue weighted by Crippen LogP contribution is -2.24. The maximum atomic E-state index is 12.1. The number of carbonyl (C=O) groups excluding carboxylic acids is 2. The van der Waals surface area contributed by atoms with E-state index in [1.165, 1.54) is 19.3 Å². The Kier molecular flexibility index (Phi) is 7.11. The van der Waals surface area contributed by atoms with Gasteiger partial charge in [-0.05, 0) is 43.5 Å². The van der Waals surface area contributed by atoms with Gasteiger partial charge in [0, 0.05) is 12.8 Å². The molecule has 1 aromatic carbocycles. The Labute approximate surface area is 138 Å². The van der Waals surface area contributed by atoms with Crippen LogP contribution in [0.2, 0.25) is 0 Å². The average Bonchev–Trinajstić information content (AvgIpc) is 2.57. The third-order valence-electron chi connectivity index (χ3n) is 4.12. The van der Waals surface area contributed by atoms with Crippen molar-refractivity contribution in [3.05, 3.63) is 29.8 Å². The molecule has 4 heteroatoms. The van der Waals surface area contributed by atoms with E-state index in [0.717, 1.165) is 12.2 Å². The Morgan fingerprint density at radius 3 is 2.43 bits per heavy atom. The molecule has 0 heterocycles. The molecular formula is C19H26O4. The topological polar surface area (TPSA) is 52.6 Å².